The Morgan fingerprint density at radius 1 is 1.27 bits per heavy atom. The highest BCUT2D eigenvalue weighted by molar-refractivity contribution is 7.99. The van der Waals surface area contributed by atoms with Crippen molar-refractivity contribution in [1.82, 2.24) is 10.2 Å². The van der Waals surface area contributed by atoms with Crippen molar-refractivity contribution in [2.24, 2.45) is 0 Å². The third-order valence-electron chi connectivity index (χ3n) is 3.51. The van der Waals surface area contributed by atoms with Crippen LogP contribution in [0.5, 0.6) is 5.75 Å². The number of rotatable bonds is 6. The lowest BCUT2D eigenvalue weighted by Crippen LogP contribution is -2.14. The normalized spacial score (nSPS) is 10.6. The zero-order chi connectivity index (χ0) is 18.5. The van der Waals surface area contributed by atoms with Gasteiger partial charge in [0.25, 0.3) is 5.22 Å². The molecule has 26 heavy (non-hydrogen) atoms. The minimum Gasteiger partial charge on any atom is -0.497 e. The number of aromatic nitrogens is 2. The van der Waals surface area contributed by atoms with Crippen LogP contribution in [0.25, 0.3) is 11.5 Å². The highest BCUT2D eigenvalue weighted by atomic mass is 35.5. The maximum Gasteiger partial charge on any atom is 0.277 e. The van der Waals surface area contributed by atoms with Gasteiger partial charge in [-0.1, -0.05) is 29.4 Å². The van der Waals surface area contributed by atoms with Gasteiger partial charge in [-0.3, -0.25) is 4.79 Å². The van der Waals surface area contributed by atoms with Gasteiger partial charge in [-0.05, 0) is 48.9 Å². The zero-order valence-electron chi connectivity index (χ0n) is 14.2. The summed E-state index contributed by atoms with van der Waals surface area (Å²) in [7, 11) is 1.60. The topological polar surface area (TPSA) is 77.2 Å². The lowest BCUT2D eigenvalue weighted by molar-refractivity contribution is -0.113. The minimum atomic E-state index is -0.161. The third-order valence-corrected chi connectivity index (χ3v) is 4.57. The van der Waals surface area contributed by atoms with Crippen LogP contribution in [0.15, 0.2) is 52.1 Å². The third kappa shape index (κ3) is 4.56. The van der Waals surface area contributed by atoms with E-state index in [1.165, 1.54) is 11.8 Å². The second kappa shape index (κ2) is 8.25. The standard InChI is InChI=1S/C18H16ClN3O3S/c1-11-8-14(24-2)6-7-15(11)20-16(23)10-26-18-22-21-17(25-18)12-4-3-5-13(19)9-12/h3-9H,10H2,1-2H3,(H,20,23). The molecule has 0 aliphatic carbocycles. The molecule has 0 atom stereocenters. The Morgan fingerprint density at radius 2 is 2.12 bits per heavy atom. The lowest BCUT2D eigenvalue weighted by Gasteiger charge is -2.09. The minimum absolute atomic E-state index is 0.155. The Hall–Kier alpha value is -2.51. The number of benzene rings is 2. The maximum absolute atomic E-state index is 12.1. The second-order valence-electron chi connectivity index (χ2n) is 5.40. The highest BCUT2D eigenvalue weighted by Crippen LogP contribution is 2.26. The molecule has 3 rings (SSSR count). The van der Waals surface area contributed by atoms with Crippen molar-refractivity contribution in [3.05, 3.63) is 53.1 Å². The van der Waals surface area contributed by atoms with Crippen LogP contribution in [-0.2, 0) is 4.79 Å². The van der Waals surface area contributed by atoms with Crippen LogP contribution in [0, 0.1) is 6.92 Å². The summed E-state index contributed by atoms with van der Waals surface area (Å²) < 4.78 is 10.7. The second-order valence-corrected chi connectivity index (χ2v) is 6.76. The van der Waals surface area contributed by atoms with Crippen molar-refractivity contribution in [2.45, 2.75) is 12.1 Å². The average molecular weight is 390 g/mol. The molecule has 0 bridgehead atoms. The first-order chi connectivity index (χ1) is 12.5. The van der Waals surface area contributed by atoms with Crippen LogP contribution in [0.4, 0.5) is 5.69 Å². The number of nitrogens with one attached hydrogen (secondary N) is 1. The smallest absolute Gasteiger partial charge is 0.277 e. The van der Waals surface area contributed by atoms with E-state index in [1.807, 2.05) is 19.1 Å². The Labute approximate surface area is 159 Å². The van der Waals surface area contributed by atoms with Gasteiger partial charge >= 0.3 is 0 Å². The molecule has 0 unspecified atom stereocenters. The van der Waals surface area contributed by atoms with Gasteiger partial charge < -0.3 is 14.5 Å². The fourth-order valence-corrected chi connectivity index (χ4v) is 2.98. The molecule has 1 aromatic heterocycles. The van der Waals surface area contributed by atoms with Gasteiger partial charge in [-0.15, -0.1) is 10.2 Å². The molecule has 134 valence electrons. The predicted octanol–water partition coefficient (Wildman–Crippen LogP) is 4.44. The number of hydrogen-bond donors (Lipinski definition) is 1. The molecular formula is C18H16ClN3O3S. The van der Waals surface area contributed by atoms with E-state index < -0.39 is 0 Å². The number of ether oxygens (including phenoxy) is 1. The first-order valence-corrected chi connectivity index (χ1v) is 9.08. The van der Waals surface area contributed by atoms with Crippen molar-refractivity contribution in [3.8, 4) is 17.2 Å². The number of amides is 1. The predicted molar refractivity (Wildman–Crippen MR) is 102 cm³/mol. The number of anilines is 1. The van der Waals surface area contributed by atoms with Gasteiger partial charge in [0.2, 0.25) is 11.8 Å². The summed E-state index contributed by atoms with van der Waals surface area (Å²) in [6.45, 7) is 1.90. The van der Waals surface area contributed by atoms with Crippen LogP contribution >= 0.6 is 23.4 Å². The molecule has 8 heteroatoms. The van der Waals surface area contributed by atoms with E-state index in [0.29, 0.717) is 16.1 Å². The van der Waals surface area contributed by atoms with Crippen LogP contribution in [-0.4, -0.2) is 29.0 Å². The fourth-order valence-electron chi connectivity index (χ4n) is 2.22. The van der Waals surface area contributed by atoms with Crippen molar-refractivity contribution in [3.63, 3.8) is 0 Å². The number of aryl methyl sites for hydroxylation is 1. The summed E-state index contributed by atoms with van der Waals surface area (Å²) in [5, 5.41) is 11.7. The molecule has 0 aliphatic heterocycles. The number of thioether (sulfide) groups is 1. The molecule has 1 amide bonds. The van der Waals surface area contributed by atoms with Crippen molar-refractivity contribution in [2.75, 3.05) is 18.2 Å². The molecule has 0 aliphatic rings. The SMILES string of the molecule is COc1ccc(NC(=O)CSc2nnc(-c3cccc(Cl)c3)o2)c(C)c1. The molecule has 6 nitrogen and oxygen atoms in total. The van der Waals surface area contributed by atoms with Crippen LogP contribution in [0.1, 0.15) is 5.56 Å². The molecule has 0 fully saturated rings. The molecule has 0 saturated heterocycles. The van der Waals surface area contributed by atoms with Gasteiger partial charge in [0.15, 0.2) is 0 Å². The molecule has 2 aromatic carbocycles. The van der Waals surface area contributed by atoms with Crippen molar-refractivity contribution in [1.29, 1.82) is 0 Å². The van der Waals surface area contributed by atoms with Gasteiger partial charge in [-0.2, -0.15) is 0 Å². The molecule has 1 heterocycles. The largest absolute Gasteiger partial charge is 0.497 e. The van der Waals surface area contributed by atoms with Crippen molar-refractivity contribution >= 4 is 35.0 Å². The van der Waals surface area contributed by atoms with E-state index in [9.17, 15) is 4.79 Å². The zero-order valence-corrected chi connectivity index (χ0v) is 15.7. The Kier molecular flexibility index (Phi) is 5.80. The molecule has 3 aromatic rings. The number of halogens is 1. The molecular weight excluding hydrogens is 374 g/mol. The highest BCUT2D eigenvalue weighted by Gasteiger charge is 2.12. The van der Waals surface area contributed by atoms with Gasteiger partial charge in [0, 0.05) is 16.3 Å². The number of methoxy groups -OCH3 is 1. The Balaban J connectivity index is 1.58. The quantitative estimate of drug-likeness (QED) is 0.628. The van der Waals surface area contributed by atoms with Gasteiger partial charge in [-0.25, -0.2) is 0 Å². The molecule has 0 saturated carbocycles. The van der Waals surface area contributed by atoms with Crippen LogP contribution in [0.3, 0.4) is 0 Å². The summed E-state index contributed by atoms with van der Waals surface area (Å²) >= 11 is 7.13. The maximum atomic E-state index is 12.1. The first-order valence-electron chi connectivity index (χ1n) is 7.72. The van der Waals surface area contributed by atoms with E-state index in [0.717, 1.165) is 22.6 Å². The fraction of sp³-hybridized carbons (Fsp3) is 0.167. The summed E-state index contributed by atoms with van der Waals surface area (Å²) in [6.07, 6.45) is 0. The summed E-state index contributed by atoms with van der Waals surface area (Å²) in [6, 6.07) is 12.6. The number of hydrogen-bond acceptors (Lipinski definition) is 6. The van der Waals surface area contributed by atoms with Crippen molar-refractivity contribution < 1.29 is 13.9 Å². The summed E-state index contributed by atoms with van der Waals surface area (Å²) in [5.41, 5.74) is 2.39. The Bertz CT molecular complexity index is 930. The number of carbonyl (C=O) groups is 1. The van der Waals surface area contributed by atoms with Crippen LogP contribution in [0.2, 0.25) is 5.02 Å². The van der Waals surface area contributed by atoms with E-state index in [1.54, 1.807) is 37.4 Å². The lowest BCUT2D eigenvalue weighted by atomic mass is 10.2. The van der Waals surface area contributed by atoms with E-state index in [2.05, 4.69) is 15.5 Å². The summed E-state index contributed by atoms with van der Waals surface area (Å²) in [5.74, 6) is 1.10. The molecule has 0 spiro atoms. The summed E-state index contributed by atoms with van der Waals surface area (Å²) in [4.78, 5) is 12.1. The monoisotopic (exact) mass is 389 g/mol. The van der Waals surface area contributed by atoms with E-state index in [4.69, 9.17) is 20.8 Å². The molecule has 1 N–H and O–H groups in total. The van der Waals surface area contributed by atoms with E-state index in [-0.39, 0.29) is 11.7 Å². The van der Waals surface area contributed by atoms with Crippen LogP contribution < -0.4 is 10.1 Å². The Morgan fingerprint density at radius 3 is 2.85 bits per heavy atom. The van der Waals surface area contributed by atoms with Gasteiger partial charge in [0.05, 0.1) is 12.9 Å². The van der Waals surface area contributed by atoms with E-state index >= 15 is 0 Å². The van der Waals surface area contributed by atoms with Gasteiger partial charge in [0.1, 0.15) is 5.75 Å². The number of carbonyl (C=O) groups excluding carboxylic acids is 1. The first kappa shape index (κ1) is 18.3. The number of nitrogens with zero attached hydrogens (tertiary/aromatic N) is 2. The molecule has 0 radical (unpaired) electrons. The average Bonchev–Trinajstić information content (AvgIpc) is 3.11.